The van der Waals surface area contributed by atoms with Crippen molar-refractivity contribution in [3.63, 3.8) is 0 Å². The van der Waals surface area contributed by atoms with Crippen LogP contribution < -0.4 is 10.6 Å². The van der Waals surface area contributed by atoms with Gasteiger partial charge in [0.2, 0.25) is 0 Å². The quantitative estimate of drug-likeness (QED) is 0.857. The number of ether oxygens (including phenoxy) is 1. The smallest absolute Gasteiger partial charge is 0.356 e. The van der Waals surface area contributed by atoms with E-state index in [4.69, 9.17) is 10.5 Å². The number of carbonyl (C=O) groups excluding carboxylic acids is 1. The Morgan fingerprint density at radius 3 is 3.00 bits per heavy atom. The molecule has 0 saturated carbocycles. The molecule has 2 N–H and O–H groups in total. The molecule has 1 unspecified atom stereocenters. The summed E-state index contributed by atoms with van der Waals surface area (Å²) in [5, 5.41) is 0. The van der Waals surface area contributed by atoms with E-state index in [0.29, 0.717) is 17.4 Å². The van der Waals surface area contributed by atoms with Crippen molar-refractivity contribution in [3.8, 4) is 0 Å². The molecule has 1 aliphatic heterocycles. The Labute approximate surface area is 120 Å². The first-order valence-corrected chi connectivity index (χ1v) is 7.28. The molecule has 20 heavy (non-hydrogen) atoms. The molecular formula is C15H23N3O2. The first-order chi connectivity index (χ1) is 9.67. The number of nitrogens with zero attached hydrogens (tertiary/aromatic N) is 2. The normalized spacial score (nSPS) is 18.9. The second kappa shape index (κ2) is 6.59. The molecule has 1 saturated heterocycles. The number of nitrogens with two attached hydrogens (primary N) is 1. The second-order valence-electron chi connectivity index (χ2n) is 5.23. The van der Waals surface area contributed by atoms with E-state index in [1.54, 1.807) is 12.1 Å². The standard InChI is InChI=1S/C15H23N3O2/c1-3-6-11-7-4-5-10-18(11)14-12(16)8-9-13(17-14)15(19)20-2/h8-9,11H,3-7,10,16H2,1-2H3. The van der Waals surface area contributed by atoms with Crippen molar-refractivity contribution in [2.24, 2.45) is 0 Å². The fourth-order valence-corrected chi connectivity index (χ4v) is 2.82. The Hall–Kier alpha value is -1.78. The van der Waals surface area contributed by atoms with Crippen molar-refractivity contribution in [1.29, 1.82) is 0 Å². The summed E-state index contributed by atoms with van der Waals surface area (Å²) in [6.07, 6.45) is 5.82. The van der Waals surface area contributed by atoms with Crippen LogP contribution in [0.3, 0.4) is 0 Å². The van der Waals surface area contributed by atoms with E-state index in [2.05, 4.69) is 16.8 Å². The third-order valence-electron chi connectivity index (χ3n) is 3.82. The first-order valence-electron chi connectivity index (χ1n) is 7.28. The number of hydrogen-bond donors (Lipinski definition) is 1. The summed E-state index contributed by atoms with van der Waals surface area (Å²) in [4.78, 5) is 18.3. The highest BCUT2D eigenvalue weighted by molar-refractivity contribution is 5.88. The number of pyridine rings is 1. The molecule has 0 radical (unpaired) electrons. The van der Waals surface area contributed by atoms with Gasteiger partial charge in [0.1, 0.15) is 0 Å². The van der Waals surface area contributed by atoms with Crippen LogP contribution in [-0.4, -0.2) is 30.6 Å². The van der Waals surface area contributed by atoms with Crippen LogP contribution in [0, 0.1) is 0 Å². The predicted molar refractivity (Wildman–Crippen MR) is 79.9 cm³/mol. The van der Waals surface area contributed by atoms with Gasteiger partial charge in [-0.3, -0.25) is 0 Å². The number of hydrogen-bond acceptors (Lipinski definition) is 5. The Bertz CT molecular complexity index is 474. The van der Waals surface area contributed by atoms with Crippen molar-refractivity contribution < 1.29 is 9.53 Å². The van der Waals surface area contributed by atoms with Crippen LogP contribution in [0.2, 0.25) is 0 Å². The highest BCUT2D eigenvalue weighted by Gasteiger charge is 2.25. The third-order valence-corrected chi connectivity index (χ3v) is 3.82. The predicted octanol–water partition coefficient (Wildman–Crippen LogP) is 2.61. The highest BCUT2D eigenvalue weighted by Crippen LogP contribution is 2.30. The lowest BCUT2D eigenvalue weighted by Gasteiger charge is -2.37. The zero-order valence-corrected chi connectivity index (χ0v) is 12.3. The number of piperidine rings is 1. The van der Waals surface area contributed by atoms with E-state index in [0.717, 1.165) is 38.0 Å². The zero-order chi connectivity index (χ0) is 14.5. The van der Waals surface area contributed by atoms with E-state index in [9.17, 15) is 4.79 Å². The van der Waals surface area contributed by atoms with E-state index in [1.165, 1.54) is 13.5 Å². The van der Waals surface area contributed by atoms with Gasteiger partial charge in [-0.05, 0) is 37.8 Å². The Kier molecular flexibility index (Phi) is 4.82. The lowest BCUT2D eigenvalue weighted by atomic mass is 9.98. The minimum atomic E-state index is -0.421. The lowest BCUT2D eigenvalue weighted by Crippen LogP contribution is -2.40. The Morgan fingerprint density at radius 1 is 1.50 bits per heavy atom. The monoisotopic (exact) mass is 277 g/mol. The maximum absolute atomic E-state index is 11.6. The summed E-state index contributed by atoms with van der Waals surface area (Å²) in [7, 11) is 1.36. The number of aromatic nitrogens is 1. The number of carbonyl (C=O) groups is 1. The molecular weight excluding hydrogens is 254 g/mol. The molecule has 5 heteroatoms. The molecule has 1 aromatic heterocycles. The number of nitrogen functional groups attached to an aromatic ring is 1. The van der Waals surface area contributed by atoms with Crippen LogP contribution in [-0.2, 0) is 4.74 Å². The first kappa shape index (κ1) is 14.6. The molecule has 1 aliphatic rings. The summed E-state index contributed by atoms with van der Waals surface area (Å²) < 4.78 is 4.73. The molecule has 0 bridgehead atoms. The molecule has 2 rings (SSSR count). The minimum Gasteiger partial charge on any atom is -0.464 e. The van der Waals surface area contributed by atoms with Crippen molar-refractivity contribution in [3.05, 3.63) is 17.8 Å². The lowest BCUT2D eigenvalue weighted by molar-refractivity contribution is 0.0594. The highest BCUT2D eigenvalue weighted by atomic mass is 16.5. The average Bonchev–Trinajstić information content (AvgIpc) is 2.48. The summed E-state index contributed by atoms with van der Waals surface area (Å²) in [6.45, 7) is 3.14. The molecule has 0 aliphatic carbocycles. The van der Waals surface area contributed by atoms with Crippen LogP contribution in [0.25, 0.3) is 0 Å². The van der Waals surface area contributed by atoms with Gasteiger partial charge in [0.25, 0.3) is 0 Å². The van der Waals surface area contributed by atoms with Gasteiger partial charge in [-0.25, -0.2) is 9.78 Å². The van der Waals surface area contributed by atoms with Gasteiger partial charge < -0.3 is 15.4 Å². The van der Waals surface area contributed by atoms with Crippen LogP contribution >= 0.6 is 0 Å². The van der Waals surface area contributed by atoms with E-state index < -0.39 is 5.97 Å². The summed E-state index contributed by atoms with van der Waals surface area (Å²) in [5.41, 5.74) is 7.01. The van der Waals surface area contributed by atoms with Gasteiger partial charge >= 0.3 is 5.97 Å². The number of methoxy groups -OCH3 is 1. The van der Waals surface area contributed by atoms with Crippen LogP contribution in [0.1, 0.15) is 49.5 Å². The fourth-order valence-electron chi connectivity index (χ4n) is 2.82. The molecule has 0 aromatic carbocycles. The van der Waals surface area contributed by atoms with Crippen LogP contribution in [0.5, 0.6) is 0 Å². The molecule has 1 atom stereocenters. The summed E-state index contributed by atoms with van der Waals surface area (Å²) in [6, 6.07) is 3.83. The molecule has 0 spiro atoms. The summed E-state index contributed by atoms with van der Waals surface area (Å²) >= 11 is 0. The Morgan fingerprint density at radius 2 is 2.30 bits per heavy atom. The van der Waals surface area contributed by atoms with Crippen molar-refractivity contribution in [2.75, 3.05) is 24.3 Å². The molecule has 0 amide bonds. The largest absolute Gasteiger partial charge is 0.464 e. The SMILES string of the molecule is CCCC1CCCCN1c1nc(C(=O)OC)ccc1N. The molecule has 110 valence electrons. The fraction of sp³-hybridized carbons (Fsp3) is 0.600. The van der Waals surface area contributed by atoms with Gasteiger partial charge in [-0.2, -0.15) is 0 Å². The van der Waals surface area contributed by atoms with Gasteiger partial charge in [-0.1, -0.05) is 13.3 Å². The van der Waals surface area contributed by atoms with Gasteiger partial charge in [-0.15, -0.1) is 0 Å². The van der Waals surface area contributed by atoms with Crippen LogP contribution in [0.4, 0.5) is 11.5 Å². The molecule has 2 heterocycles. The minimum absolute atomic E-state index is 0.317. The Balaban J connectivity index is 2.31. The zero-order valence-electron chi connectivity index (χ0n) is 12.3. The second-order valence-corrected chi connectivity index (χ2v) is 5.23. The average molecular weight is 277 g/mol. The van der Waals surface area contributed by atoms with E-state index in [1.807, 2.05) is 0 Å². The molecule has 1 fully saturated rings. The maximum atomic E-state index is 11.6. The number of anilines is 2. The molecule has 5 nitrogen and oxygen atoms in total. The topological polar surface area (TPSA) is 68.5 Å². The van der Waals surface area contributed by atoms with Gasteiger partial charge in [0.15, 0.2) is 11.5 Å². The van der Waals surface area contributed by atoms with Crippen LogP contribution in [0.15, 0.2) is 12.1 Å². The number of esters is 1. The van der Waals surface area contributed by atoms with Crippen molar-refractivity contribution in [1.82, 2.24) is 4.98 Å². The van der Waals surface area contributed by atoms with E-state index >= 15 is 0 Å². The number of rotatable bonds is 4. The maximum Gasteiger partial charge on any atom is 0.356 e. The van der Waals surface area contributed by atoms with Crippen molar-refractivity contribution >= 4 is 17.5 Å². The summed E-state index contributed by atoms with van der Waals surface area (Å²) in [5.74, 6) is 0.307. The van der Waals surface area contributed by atoms with Gasteiger partial charge in [0.05, 0.1) is 12.8 Å². The third kappa shape index (κ3) is 3.03. The van der Waals surface area contributed by atoms with Crippen molar-refractivity contribution in [2.45, 2.75) is 45.1 Å². The molecule has 1 aromatic rings. The van der Waals surface area contributed by atoms with E-state index in [-0.39, 0.29) is 0 Å². The van der Waals surface area contributed by atoms with Gasteiger partial charge in [0, 0.05) is 12.6 Å².